The van der Waals surface area contributed by atoms with Crippen LogP contribution >= 0.6 is 0 Å². The van der Waals surface area contributed by atoms with Gasteiger partial charge in [-0.2, -0.15) is 0 Å². The minimum atomic E-state index is -3.36. The summed E-state index contributed by atoms with van der Waals surface area (Å²) in [6.45, 7) is -0.687. The Hall–Kier alpha value is -3.53. The van der Waals surface area contributed by atoms with Gasteiger partial charge in [0.25, 0.3) is 5.92 Å². The number of nitrogens with one attached hydrogen (secondary N) is 2. The number of fused-ring (bicyclic) bond motifs is 3. The summed E-state index contributed by atoms with van der Waals surface area (Å²) < 4.78 is 32.0. The van der Waals surface area contributed by atoms with Gasteiger partial charge in [0.1, 0.15) is 12.5 Å². The van der Waals surface area contributed by atoms with Gasteiger partial charge in [0.2, 0.25) is 5.91 Å². The summed E-state index contributed by atoms with van der Waals surface area (Å²) in [6, 6.07) is 15.7. The number of carboxylic acid groups (broad SMARTS) is 1. The van der Waals surface area contributed by atoms with E-state index in [9.17, 15) is 28.3 Å². The Labute approximate surface area is 193 Å². The highest BCUT2D eigenvalue weighted by Crippen LogP contribution is 2.54. The van der Waals surface area contributed by atoms with E-state index in [-0.39, 0.29) is 19.1 Å². The van der Waals surface area contributed by atoms with Gasteiger partial charge in [-0.05, 0) is 22.3 Å². The smallest absolute Gasteiger partial charge is 0.407 e. The molecule has 3 atom stereocenters. The van der Waals surface area contributed by atoms with Gasteiger partial charge in [-0.15, -0.1) is 0 Å². The van der Waals surface area contributed by atoms with Crippen molar-refractivity contribution >= 4 is 18.0 Å². The van der Waals surface area contributed by atoms with Gasteiger partial charge >= 0.3 is 12.1 Å². The molecule has 1 unspecified atom stereocenters. The lowest BCUT2D eigenvalue weighted by molar-refractivity contribution is -0.141. The highest BCUT2D eigenvalue weighted by Gasteiger charge is 2.72. The van der Waals surface area contributed by atoms with Crippen LogP contribution in [0.2, 0.25) is 0 Å². The van der Waals surface area contributed by atoms with E-state index in [1.165, 1.54) is 0 Å². The summed E-state index contributed by atoms with van der Waals surface area (Å²) in [5.41, 5.74) is 4.29. The van der Waals surface area contributed by atoms with E-state index in [0.29, 0.717) is 0 Å². The quantitative estimate of drug-likeness (QED) is 0.442. The van der Waals surface area contributed by atoms with Gasteiger partial charge in [-0.3, -0.25) is 9.59 Å². The molecule has 4 N–H and O–H groups in total. The largest absolute Gasteiger partial charge is 0.481 e. The first-order valence-corrected chi connectivity index (χ1v) is 10.8. The van der Waals surface area contributed by atoms with Crippen LogP contribution in [0.15, 0.2) is 48.5 Å². The number of aliphatic hydroxyl groups is 1. The predicted octanol–water partition coefficient (Wildman–Crippen LogP) is 2.36. The van der Waals surface area contributed by atoms with Crippen molar-refractivity contribution in [2.75, 3.05) is 19.7 Å². The molecule has 2 aliphatic carbocycles. The number of rotatable bonds is 9. The monoisotopic (exact) mass is 474 g/mol. The maximum atomic E-state index is 13.3. The van der Waals surface area contributed by atoms with E-state index < -0.39 is 54.8 Å². The van der Waals surface area contributed by atoms with E-state index in [4.69, 9.17) is 9.84 Å². The molecule has 2 aromatic rings. The van der Waals surface area contributed by atoms with Crippen LogP contribution in [-0.4, -0.2) is 59.9 Å². The first kappa shape index (κ1) is 23.6. The van der Waals surface area contributed by atoms with Gasteiger partial charge < -0.3 is 25.6 Å². The van der Waals surface area contributed by atoms with Crippen molar-refractivity contribution in [3.8, 4) is 11.1 Å². The van der Waals surface area contributed by atoms with Gasteiger partial charge in [0.15, 0.2) is 0 Å². The Bertz CT molecular complexity index is 1060. The van der Waals surface area contributed by atoms with Crippen molar-refractivity contribution in [3.05, 3.63) is 59.7 Å². The number of hydrogen-bond acceptors (Lipinski definition) is 5. The maximum Gasteiger partial charge on any atom is 0.407 e. The number of carbonyl (C=O) groups excluding carboxylic acids is 2. The molecular weight excluding hydrogens is 450 g/mol. The zero-order valence-electron chi connectivity index (χ0n) is 18.0. The van der Waals surface area contributed by atoms with Gasteiger partial charge in [0, 0.05) is 19.0 Å². The normalized spacial score (nSPS) is 20.6. The van der Waals surface area contributed by atoms with E-state index in [1.54, 1.807) is 0 Å². The maximum absolute atomic E-state index is 13.3. The molecule has 0 spiro atoms. The number of carboxylic acids is 1. The topological polar surface area (TPSA) is 125 Å². The van der Waals surface area contributed by atoms with Crippen LogP contribution in [0.1, 0.15) is 23.5 Å². The van der Waals surface area contributed by atoms with Crippen molar-refractivity contribution in [1.82, 2.24) is 10.6 Å². The number of ether oxygens (including phenoxy) is 1. The summed E-state index contributed by atoms with van der Waals surface area (Å²) in [7, 11) is 0. The molecule has 2 amide bonds. The summed E-state index contributed by atoms with van der Waals surface area (Å²) in [6.07, 6.45) is -2.47. The number of carbonyl (C=O) groups is 3. The second-order valence-corrected chi connectivity index (χ2v) is 8.47. The van der Waals surface area contributed by atoms with Crippen molar-refractivity contribution in [2.24, 2.45) is 11.8 Å². The average molecular weight is 474 g/mol. The van der Waals surface area contributed by atoms with Crippen LogP contribution in [0.25, 0.3) is 11.1 Å². The van der Waals surface area contributed by atoms with E-state index in [2.05, 4.69) is 10.6 Å². The van der Waals surface area contributed by atoms with Crippen LogP contribution in [0.5, 0.6) is 0 Å². The van der Waals surface area contributed by atoms with Gasteiger partial charge in [-0.1, -0.05) is 48.5 Å². The van der Waals surface area contributed by atoms with Crippen LogP contribution < -0.4 is 10.6 Å². The minimum Gasteiger partial charge on any atom is -0.481 e. The second-order valence-electron chi connectivity index (χ2n) is 8.47. The lowest BCUT2D eigenvalue weighted by Crippen LogP contribution is -2.37. The molecule has 34 heavy (non-hydrogen) atoms. The zero-order valence-corrected chi connectivity index (χ0v) is 18.0. The number of aliphatic hydroxyl groups excluding tert-OH is 1. The Balaban J connectivity index is 1.20. The molecule has 0 aromatic heterocycles. The van der Waals surface area contributed by atoms with Crippen molar-refractivity contribution in [1.29, 1.82) is 0 Å². The number of alkyl halides is 2. The van der Waals surface area contributed by atoms with Crippen LogP contribution in [-0.2, 0) is 14.3 Å². The van der Waals surface area contributed by atoms with Crippen molar-refractivity contribution < 1.29 is 38.1 Å². The standard InChI is InChI=1S/C24H24F2N2O6/c25-24(26)19(21(24)22(31)32)11-27-20(30)9-13(29)10-28-23(33)34-12-18-16-7-3-1-5-14(16)15-6-2-4-8-17(15)18/h1-8,13,18-19,21,29H,9-12H2,(H,27,30)(H,28,33)(H,31,32)/t13?,19-,21-/m0/s1. The van der Waals surface area contributed by atoms with Crippen LogP contribution in [0.4, 0.5) is 13.6 Å². The van der Waals surface area contributed by atoms with Crippen LogP contribution in [0, 0.1) is 11.8 Å². The molecule has 2 aliphatic rings. The third-order valence-electron chi connectivity index (χ3n) is 6.23. The highest BCUT2D eigenvalue weighted by atomic mass is 19.3. The summed E-state index contributed by atoms with van der Waals surface area (Å²) in [4.78, 5) is 34.7. The van der Waals surface area contributed by atoms with Gasteiger partial charge in [0.05, 0.1) is 18.4 Å². The first-order chi connectivity index (χ1) is 16.2. The molecule has 1 saturated carbocycles. The Morgan fingerprint density at radius 1 is 1.00 bits per heavy atom. The summed E-state index contributed by atoms with van der Waals surface area (Å²) >= 11 is 0. The minimum absolute atomic E-state index is 0.0940. The fourth-order valence-corrected chi connectivity index (χ4v) is 4.41. The molecule has 0 bridgehead atoms. The van der Waals surface area contributed by atoms with E-state index in [1.807, 2.05) is 48.5 Å². The zero-order chi connectivity index (χ0) is 24.5. The lowest BCUT2D eigenvalue weighted by atomic mass is 9.98. The van der Waals surface area contributed by atoms with E-state index in [0.717, 1.165) is 22.3 Å². The van der Waals surface area contributed by atoms with Crippen molar-refractivity contribution in [3.63, 3.8) is 0 Å². The third kappa shape index (κ3) is 4.72. The fourth-order valence-electron chi connectivity index (χ4n) is 4.41. The highest BCUT2D eigenvalue weighted by molar-refractivity contribution is 5.79. The molecule has 2 aromatic carbocycles. The third-order valence-corrected chi connectivity index (χ3v) is 6.23. The molecule has 180 valence electrons. The number of amides is 2. The lowest BCUT2D eigenvalue weighted by Gasteiger charge is -2.16. The van der Waals surface area contributed by atoms with Crippen LogP contribution in [0.3, 0.4) is 0 Å². The SMILES string of the molecule is O=C(CC(O)CNC(=O)OCC1c2ccccc2-c2ccccc21)NC[C@H]1[C@@H](C(=O)O)C1(F)F. The summed E-state index contributed by atoms with van der Waals surface area (Å²) in [5, 5.41) is 23.3. The molecule has 0 aliphatic heterocycles. The Kier molecular flexibility index (Phi) is 6.52. The first-order valence-electron chi connectivity index (χ1n) is 10.8. The fraction of sp³-hybridized carbons (Fsp3) is 0.375. The molecule has 10 heteroatoms. The van der Waals surface area contributed by atoms with E-state index >= 15 is 0 Å². The van der Waals surface area contributed by atoms with Crippen molar-refractivity contribution in [2.45, 2.75) is 24.4 Å². The second kappa shape index (κ2) is 9.38. The molecule has 0 saturated heterocycles. The number of aliphatic carboxylic acids is 1. The molecule has 0 radical (unpaired) electrons. The molecule has 1 fully saturated rings. The number of halogens is 2. The van der Waals surface area contributed by atoms with Gasteiger partial charge in [-0.25, -0.2) is 13.6 Å². The molecule has 4 rings (SSSR count). The summed E-state index contributed by atoms with van der Waals surface area (Å²) in [5.74, 6) is -9.10. The molecule has 0 heterocycles. The number of hydrogen-bond donors (Lipinski definition) is 4. The average Bonchev–Trinajstić information content (AvgIpc) is 3.22. The number of benzene rings is 2. The molecule has 8 nitrogen and oxygen atoms in total. The predicted molar refractivity (Wildman–Crippen MR) is 116 cm³/mol. The Morgan fingerprint density at radius 3 is 2.15 bits per heavy atom. The Morgan fingerprint density at radius 2 is 1.59 bits per heavy atom. The molecular formula is C24H24F2N2O6. The number of alkyl carbamates (subject to hydrolysis) is 1.